The van der Waals surface area contributed by atoms with Gasteiger partial charge in [-0.1, -0.05) is 25.6 Å². The second kappa shape index (κ2) is 7.26. The van der Waals surface area contributed by atoms with Gasteiger partial charge in [0, 0.05) is 25.6 Å². The Morgan fingerprint density at radius 1 is 1.32 bits per heavy atom. The van der Waals surface area contributed by atoms with Crippen LogP contribution in [0.4, 0.5) is 0 Å². The molecule has 1 saturated carbocycles. The molecule has 0 aromatic carbocycles. The third-order valence-electron chi connectivity index (χ3n) is 4.67. The topological polar surface area (TPSA) is 85.2 Å². The van der Waals surface area contributed by atoms with Crippen LogP contribution in [0.15, 0.2) is 5.16 Å². The Kier molecular flexibility index (Phi) is 5.43. The summed E-state index contributed by atoms with van der Waals surface area (Å²) >= 11 is 1.38. The Bertz CT molecular complexity index is 741. The summed E-state index contributed by atoms with van der Waals surface area (Å²) in [7, 11) is -1.07. The van der Waals surface area contributed by atoms with E-state index >= 15 is 0 Å². The van der Waals surface area contributed by atoms with E-state index in [1.54, 1.807) is 4.90 Å². The SMILES string of the molecule is CC(C)CN(C(=O)CSc1nnc(C2CC2)n1C)[C@H]1CCS(=O)(=O)C1. The van der Waals surface area contributed by atoms with Crippen molar-refractivity contribution in [2.24, 2.45) is 13.0 Å². The van der Waals surface area contributed by atoms with Crippen LogP contribution >= 0.6 is 11.8 Å². The summed E-state index contributed by atoms with van der Waals surface area (Å²) in [5.41, 5.74) is 0. The van der Waals surface area contributed by atoms with Crippen LogP contribution in [-0.4, -0.2) is 63.8 Å². The first-order valence-electron chi connectivity index (χ1n) is 8.79. The van der Waals surface area contributed by atoms with Crippen LogP contribution in [0.5, 0.6) is 0 Å². The molecule has 0 radical (unpaired) electrons. The lowest BCUT2D eigenvalue weighted by Gasteiger charge is -2.29. The number of rotatable bonds is 7. The van der Waals surface area contributed by atoms with E-state index in [0.29, 0.717) is 24.8 Å². The molecule has 2 aliphatic rings. The van der Waals surface area contributed by atoms with Crippen molar-refractivity contribution in [3.05, 3.63) is 5.82 Å². The minimum absolute atomic E-state index is 0.0169. The van der Waals surface area contributed by atoms with Gasteiger partial charge in [0.15, 0.2) is 15.0 Å². The highest BCUT2D eigenvalue weighted by molar-refractivity contribution is 7.99. The van der Waals surface area contributed by atoms with E-state index in [1.165, 1.54) is 11.8 Å². The third kappa shape index (κ3) is 4.55. The fraction of sp³-hybridized carbons (Fsp3) is 0.812. The van der Waals surface area contributed by atoms with Crippen LogP contribution in [0, 0.1) is 5.92 Å². The molecule has 1 atom stereocenters. The van der Waals surface area contributed by atoms with Gasteiger partial charge in [0.25, 0.3) is 0 Å². The Morgan fingerprint density at radius 3 is 2.60 bits per heavy atom. The molecular weight excluding hydrogens is 360 g/mol. The van der Waals surface area contributed by atoms with Gasteiger partial charge in [0.1, 0.15) is 5.82 Å². The molecule has 1 saturated heterocycles. The van der Waals surface area contributed by atoms with E-state index < -0.39 is 9.84 Å². The van der Waals surface area contributed by atoms with Gasteiger partial charge in [-0.15, -0.1) is 10.2 Å². The lowest BCUT2D eigenvalue weighted by molar-refractivity contribution is -0.130. The van der Waals surface area contributed by atoms with Crippen molar-refractivity contribution in [3.63, 3.8) is 0 Å². The average Bonchev–Trinajstić information content (AvgIpc) is 3.21. The van der Waals surface area contributed by atoms with Gasteiger partial charge >= 0.3 is 0 Å². The predicted molar refractivity (Wildman–Crippen MR) is 97.3 cm³/mol. The van der Waals surface area contributed by atoms with Crippen LogP contribution in [0.1, 0.15) is 44.9 Å². The number of sulfone groups is 1. The monoisotopic (exact) mass is 386 g/mol. The molecule has 3 rings (SSSR count). The van der Waals surface area contributed by atoms with E-state index in [2.05, 4.69) is 10.2 Å². The molecule has 9 heteroatoms. The summed E-state index contributed by atoms with van der Waals surface area (Å²) < 4.78 is 25.5. The van der Waals surface area contributed by atoms with Crippen molar-refractivity contribution in [1.29, 1.82) is 0 Å². The minimum atomic E-state index is -3.01. The maximum atomic E-state index is 12.8. The summed E-state index contributed by atoms with van der Waals surface area (Å²) in [6, 6.07) is -0.193. The maximum Gasteiger partial charge on any atom is 0.233 e. The molecule has 25 heavy (non-hydrogen) atoms. The van der Waals surface area contributed by atoms with E-state index in [1.807, 2.05) is 25.5 Å². The number of nitrogens with zero attached hydrogens (tertiary/aromatic N) is 4. The van der Waals surface area contributed by atoms with Gasteiger partial charge in [-0.25, -0.2) is 8.42 Å². The van der Waals surface area contributed by atoms with Crippen molar-refractivity contribution in [1.82, 2.24) is 19.7 Å². The minimum Gasteiger partial charge on any atom is -0.338 e. The van der Waals surface area contributed by atoms with E-state index in [-0.39, 0.29) is 29.2 Å². The second-order valence-corrected chi connectivity index (χ2v) is 10.6. The lowest BCUT2D eigenvalue weighted by atomic mass is 10.1. The Balaban J connectivity index is 1.64. The van der Waals surface area contributed by atoms with Gasteiger partial charge in [-0.2, -0.15) is 0 Å². The van der Waals surface area contributed by atoms with Gasteiger partial charge < -0.3 is 9.47 Å². The van der Waals surface area contributed by atoms with E-state index in [0.717, 1.165) is 23.8 Å². The smallest absolute Gasteiger partial charge is 0.233 e. The highest BCUT2D eigenvalue weighted by atomic mass is 32.2. The van der Waals surface area contributed by atoms with E-state index in [9.17, 15) is 13.2 Å². The molecule has 0 bridgehead atoms. The zero-order valence-electron chi connectivity index (χ0n) is 15.0. The highest BCUT2D eigenvalue weighted by Gasteiger charge is 2.35. The molecule has 1 aliphatic carbocycles. The molecule has 1 amide bonds. The molecule has 0 unspecified atom stereocenters. The number of thioether (sulfide) groups is 1. The Labute approximate surface area is 153 Å². The summed E-state index contributed by atoms with van der Waals surface area (Å²) in [5, 5.41) is 9.18. The molecule has 1 aliphatic heterocycles. The Morgan fingerprint density at radius 2 is 2.04 bits per heavy atom. The number of aromatic nitrogens is 3. The molecule has 140 valence electrons. The lowest BCUT2D eigenvalue weighted by Crippen LogP contribution is -2.44. The Hall–Kier alpha value is -1.09. The first kappa shape index (κ1) is 18.7. The fourth-order valence-corrected chi connectivity index (χ4v) is 5.76. The number of hydrogen-bond acceptors (Lipinski definition) is 6. The predicted octanol–water partition coefficient (Wildman–Crippen LogP) is 1.46. The van der Waals surface area contributed by atoms with Gasteiger partial charge in [-0.05, 0) is 25.2 Å². The van der Waals surface area contributed by atoms with Gasteiger partial charge in [-0.3, -0.25) is 4.79 Å². The van der Waals surface area contributed by atoms with Crippen molar-refractivity contribution in [2.75, 3.05) is 23.8 Å². The molecule has 1 aromatic heterocycles. The van der Waals surface area contributed by atoms with Crippen LogP contribution in [0.3, 0.4) is 0 Å². The summed E-state index contributed by atoms with van der Waals surface area (Å²) in [6.45, 7) is 4.68. The van der Waals surface area contributed by atoms with Crippen LogP contribution < -0.4 is 0 Å². The van der Waals surface area contributed by atoms with Crippen LogP contribution in [-0.2, 0) is 21.7 Å². The molecule has 1 aromatic rings. The van der Waals surface area contributed by atoms with Crippen LogP contribution in [0.2, 0.25) is 0 Å². The van der Waals surface area contributed by atoms with Gasteiger partial charge in [0.05, 0.1) is 17.3 Å². The first-order valence-corrected chi connectivity index (χ1v) is 11.6. The van der Waals surface area contributed by atoms with Crippen molar-refractivity contribution in [3.8, 4) is 0 Å². The van der Waals surface area contributed by atoms with Crippen molar-refractivity contribution < 1.29 is 13.2 Å². The first-order chi connectivity index (χ1) is 11.8. The third-order valence-corrected chi connectivity index (χ3v) is 7.42. The molecule has 0 N–H and O–H groups in total. The molecular formula is C16H26N4O3S2. The zero-order chi connectivity index (χ0) is 18.2. The van der Waals surface area contributed by atoms with Gasteiger partial charge in [0.2, 0.25) is 5.91 Å². The number of carbonyl (C=O) groups is 1. The molecule has 7 nitrogen and oxygen atoms in total. The summed E-state index contributed by atoms with van der Waals surface area (Å²) in [5.74, 6) is 2.33. The highest BCUT2D eigenvalue weighted by Crippen LogP contribution is 2.39. The molecule has 0 spiro atoms. The number of hydrogen-bond donors (Lipinski definition) is 0. The quantitative estimate of drug-likeness (QED) is 0.660. The van der Waals surface area contributed by atoms with Crippen molar-refractivity contribution >= 4 is 27.5 Å². The molecule has 2 heterocycles. The zero-order valence-corrected chi connectivity index (χ0v) is 16.6. The second-order valence-electron chi connectivity index (χ2n) is 7.46. The normalized spacial score (nSPS) is 22.5. The van der Waals surface area contributed by atoms with E-state index in [4.69, 9.17) is 0 Å². The fourth-order valence-electron chi connectivity index (χ4n) is 3.23. The maximum absolute atomic E-state index is 12.8. The van der Waals surface area contributed by atoms with Crippen LogP contribution in [0.25, 0.3) is 0 Å². The van der Waals surface area contributed by atoms with Crippen molar-refractivity contribution in [2.45, 2.75) is 50.2 Å². The standard InChI is InChI=1S/C16H26N4O3S2/c1-11(2)8-20(13-6-7-25(22,23)10-13)14(21)9-24-16-18-17-15(19(16)3)12-4-5-12/h11-13H,4-10H2,1-3H3/t13-/m0/s1. The largest absolute Gasteiger partial charge is 0.338 e. The summed E-state index contributed by atoms with van der Waals surface area (Å²) in [4.78, 5) is 14.5. The summed E-state index contributed by atoms with van der Waals surface area (Å²) in [6.07, 6.45) is 2.86. The average molecular weight is 387 g/mol. The number of amides is 1. The molecule has 2 fully saturated rings. The number of carbonyl (C=O) groups excluding carboxylic acids is 1.